The predicted molar refractivity (Wildman–Crippen MR) is 79.3 cm³/mol. The summed E-state index contributed by atoms with van der Waals surface area (Å²) in [6.45, 7) is 0. The number of carbonyl (C=O) groups excluding carboxylic acids is 2. The highest BCUT2D eigenvalue weighted by atomic mass is 79.9. The van der Waals surface area contributed by atoms with Crippen LogP contribution in [0.3, 0.4) is 0 Å². The maximum absolute atomic E-state index is 12.0. The van der Waals surface area contributed by atoms with Gasteiger partial charge in [0.2, 0.25) is 0 Å². The number of halogens is 1. The molecule has 0 radical (unpaired) electrons. The molecule has 0 aliphatic carbocycles. The Morgan fingerprint density at radius 3 is 2.26 bits per heavy atom. The van der Waals surface area contributed by atoms with Crippen molar-refractivity contribution in [3.8, 4) is 0 Å². The van der Waals surface area contributed by atoms with Crippen LogP contribution in [0.2, 0.25) is 0 Å². The fraction of sp³-hybridized carbons (Fsp3) is 0. The standard InChI is InChI=1S/C16H11BrO2/c17-15-8-4-3-7-14(15)16(19)10-9-12-5-1-2-6-13(12)11-18/h1-11H. The molecule has 94 valence electrons. The van der Waals surface area contributed by atoms with Crippen LogP contribution in [-0.2, 0) is 0 Å². The van der Waals surface area contributed by atoms with E-state index in [1.807, 2.05) is 24.3 Å². The number of ketones is 1. The third-order valence-corrected chi connectivity index (χ3v) is 3.37. The summed E-state index contributed by atoms with van der Waals surface area (Å²) in [6, 6.07) is 14.4. The third kappa shape index (κ3) is 3.26. The second kappa shape index (κ2) is 6.25. The normalized spacial score (nSPS) is 10.6. The molecule has 0 unspecified atom stereocenters. The van der Waals surface area contributed by atoms with Gasteiger partial charge in [-0.1, -0.05) is 58.4 Å². The van der Waals surface area contributed by atoms with E-state index in [0.29, 0.717) is 11.1 Å². The first kappa shape index (κ1) is 13.4. The van der Waals surface area contributed by atoms with Gasteiger partial charge in [-0.2, -0.15) is 0 Å². The highest BCUT2D eigenvalue weighted by Crippen LogP contribution is 2.17. The molecular weight excluding hydrogens is 304 g/mol. The van der Waals surface area contributed by atoms with Crippen LogP contribution < -0.4 is 0 Å². The fourth-order valence-electron chi connectivity index (χ4n) is 1.69. The minimum Gasteiger partial charge on any atom is -0.298 e. The van der Waals surface area contributed by atoms with E-state index in [1.165, 1.54) is 6.08 Å². The van der Waals surface area contributed by atoms with Crippen LogP contribution in [0.1, 0.15) is 26.3 Å². The highest BCUT2D eigenvalue weighted by Gasteiger charge is 2.05. The molecule has 0 amide bonds. The second-order valence-electron chi connectivity index (χ2n) is 3.92. The lowest BCUT2D eigenvalue weighted by Crippen LogP contribution is -1.95. The van der Waals surface area contributed by atoms with Crippen molar-refractivity contribution >= 4 is 34.1 Å². The lowest BCUT2D eigenvalue weighted by molar-refractivity contribution is 0.104. The molecule has 0 spiro atoms. The van der Waals surface area contributed by atoms with Gasteiger partial charge in [0.1, 0.15) is 0 Å². The van der Waals surface area contributed by atoms with Gasteiger partial charge in [-0.3, -0.25) is 9.59 Å². The van der Waals surface area contributed by atoms with Crippen LogP contribution in [-0.4, -0.2) is 12.1 Å². The Hall–Kier alpha value is -2.00. The lowest BCUT2D eigenvalue weighted by atomic mass is 10.1. The van der Waals surface area contributed by atoms with Crippen molar-refractivity contribution in [3.05, 3.63) is 75.8 Å². The number of allylic oxidation sites excluding steroid dienone is 1. The van der Waals surface area contributed by atoms with Crippen molar-refractivity contribution < 1.29 is 9.59 Å². The van der Waals surface area contributed by atoms with Gasteiger partial charge < -0.3 is 0 Å². The van der Waals surface area contributed by atoms with Crippen LogP contribution in [0.4, 0.5) is 0 Å². The van der Waals surface area contributed by atoms with Crippen molar-refractivity contribution in [3.63, 3.8) is 0 Å². The van der Waals surface area contributed by atoms with Crippen LogP contribution >= 0.6 is 15.9 Å². The molecule has 2 rings (SSSR count). The van der Waals surface area contributed by atoms with E-state index in [2.05, 4.69) is 15.9 Å². The summed E-state index contributed by atoms with van der Waals surface area (Å²) in [4.78, 5) is 22.9. The van der Waals surface area contributed by atoms with Crippen LogP contribution in [0.15, 0.2) is 59.1 Å². The number of aldehydes is 1. The van der Waals surface area contributed by atoms with E-state index in [9.17, 15) is 9.59 Å². The van der Waals surface area contributed by atoms with Gasteiger partial charge in [0.05, 0.1) is 0 Å². The molecule has 0 aromatic heterocycles. The molecular formula is C16H11BrO2. The summed E-state index contributed by atoms with van der Waals surface area (Å²) in [7, 11) is 0. The van der Waals surface area contributed by atoms with Crippen molar-refractivity contribution in [2.75, 3.05) is 0 Å². The molecule has 2 aromatic rings. The molecule has 2 aromatic carbocycles. The first-order valence-electron chi connectivity index (χ1n) is 5.73. The monoisotopic (exact) mass is 314 g/mol. The zero-order valence-corrected chi connectivity index (χ0v) is 11.6. The molecule has 0 fully saturated rings. The molecule has 0 aliphatic heterocycles. The summed E-state index contributed by atoms with van der Waals surface area (Å²) in [5.41, 5.74) is 1.90. The van der Waals surface area contributed by atoms with Gasteiger partial charge >= 0.3 is 0 Å². The maximum atomic E-state index is 12.0. The smallest absolute Gasteiger partial charge is 0.186 e. The number of hydrogen-bond acceptors (Lipinski definition) is 2. The lowest BCUT2D eigenvalue weighted by Gasteiger charge is -2.00. The second-order valence-corrected chi connectivity index (χ2v) is 4.78. The highest BCUT2D eigenvalue weighted by molar-refractivity contribution is 9.10. The summed E-state index contributed by atoms with van der Waals surface area (Å²) in [5, 5.41) is 0. The Labute approximate surface area is 119 Å². The van der Waals surface area contributed by atoms with E-state index in [4.69, 9.17) is 0 Å². The SMILES string of the molecule is O=Cc1ccccc1C=CC(=O)c1ccccc1Br. The molecule has 0 bridgehead atoms. The molecule has 0 atom stereocenters. The zero-order chi connectivity index (χ0) is 13.7. The van der Waals surface area contributed by atoms with Crippen molar-refractivity contribution in [1.82, 2.24) is 0 Å². The largest absolute Gasteiger partial charge is 0.298 e. The van der Waals surface area contributed by atoms with Gasteiger partial charge in [-0.15, -0.1) is 0 Å². The molecule has 2 nitrogen and oxygen atoms in total. The first-order valence-corrected chi connectivity index (χ1v) is 6.53. The Balaban J connectivity index is 2.26. The van der Waals surface area contributed by atoms with Crippen LogP contribution in [0.5, 0.6) is 0 Å². The molecule has 19 heavy (non-hydrogen) atoms. The Morgan fingerprint density at radius 1 is 0.947 bits per heavy atom. The average molecular weight is 315 g/mol. The van der Waals surface area contributed by atoms with Gasteiger partial charge in [0, 0.05) is 15.6 Å². The van der Waals surface area contributed by atoms with E-state index >= 15 is 0 Å². The third-order valence-electron chi connectivity index (χ3n) is 2.68. The van der Waals surface area contributed by atoms with Crippen molar-refractivity contribution in [2.45, 2.75) is 0 Å². The molecule has 0 saturated heterocycles. The number of carbonyl (C=O) groups is 2. The predicted octanol–water partition coefficient (Wildman–Crippen LogP) is 4.16. The molecule has 0 heterocycles. The maximum Gasteiger partial charge on any atom is 0.186 e. The van der Waals surface area contributed by atoms with Crippen LogP contribution in [0, 0.1) is 0 Å². The van der Waals surface area contributed by atoms with E-state index in [0.717, 1.165) is 16.3 Å². The summed E-state index contributed by atoms with van der Waals surface area (Å²) < 4.78 is 0.758. The van der Waals surface area contributed by atoms with Gasteiger partial charge in [-0.25, -0.2) is 0 Å². The molecule has 3 heteroatoms. The van der Waals surface area contributed by atoms with Crippen molar-refractivity contribution in [1.29, 1.82) is 0 Å². The van der Waals surface area contributed by atoms with Gasteiger partial charge in [0.15, 0.2) is 12.1 Å². The topological polar surface area (TPSA) is 34.1 Å². The summed E-state index contributed by atoms with van der Waals surface area (Å²) >= 11 is 3.34. The number of hydrogen-bond donors (Lipinski definition) is 0. The molecule has 0 N–H and O–H groups in total. The van der Waals surface area contributed by atoms with E-state index < -0.39 is 0 Å². The van der Waals surface area contributed by atoms with E-state index in [-0.39, 0.29) is 5.78 Å². The molecule has 0 aliphatic rings. The Kier molecular flexibility index (Phi) is 4.42. The Morgan fingerprint density at radius 2 is 1.58 bits per heavy atom. The van der Waals surface area contributed by atoms with Gasteiger partial charge in [0.25, 0.3) is 0 Å². The summed E-state index contributed by atoms with van der Waals surface area (Å²) in [5.74, 6) is -0.104. The van der Waals surface area contributed by atoms with Crippen LogP contribution in [0.25, 0.3) is 6.08 Å². The molecule has 0 saturated carbocycles. The minimum atomic E-state index is -0.104. The van der Waals surface area contributed by atoms with Gasteiger partial charge in [-0.05, 0) is 23.8 Å². The summed E-state index contributed by atoms with van der Waals surface area (Å²) in [6.07, 6.45) is 3.91. The van der Waals surface area contributed by atoms with Crippen molar-refractivity contribution in [2.24, 2.45) is 0 Å². The minimum absolute atomic E-state index is 0.104. The average Bonchev–Trinajstić information content (AvgIpc) is 2.45. The Bertz CT molecular complexity index is 645. The number of rotatable bonds is 4. The fourth-order valence-corrected chi connectivity index (χ4v) is 2.17. The quantitative estimate of drug-likeness (QED) is 0.482. The number of benzene rings is 2. The first-order chi connectivity index (χ1) is 9.22. The van der Waals surface area contributed by atoms with E-state index in [1.54, 1.807) is 30.3 Å². The zero-order valence-electron chi connectivity index (χ0n) is 10.0.